The molecule has 0 aliphatic carbocycles. The third-order valence-electron chi connectivity index (χ3n) is 3.14. The zero-order valence-corrected chi connectivity index (χ0v) is 11.4. The van der Waals surface area contributed by atoms with Crippen molar-refractivity contribution in [3.8, 4) is 5.75 Å². The van der Waals surface area contributed by atoms with E-state index in [1.807, 2.05) is 30.0 Å². The fourth-order valence-corrected chi connectivity index (χ4v) is 3.72. The van der Waals surface area contributed by atoms with Crippen molar-refractivity contribution in [3.63, 3.8) is 0 Å². The lowest BCUT2D eigenvalue weighted by molar-refractivity contribution is 0.364. The zero-order chi connectivity index (χ0) is 12.3. The third-order valence-corrected chi connectivity index (χ3v) is 4.57. The first-order valence-corrected chi connectivity index (χ1v) is 7.17. The Morgan fingerprint density at radius 3 is 3.00 bits per heavy atom. The van der Waals surface area contributed by atoms with Crippen molar-refractivity contribution in [1.29, 1.82) is 0 Å². The standard InChI is InChI=1S/C12H17ClN2OS/c1-16-11-3-2-9(13)6-10(11)12(15-14)8-4-5-17-7-8/h2-3,6,8,12,15H,4-5,7,14H2,1H3. The molecule has 0 amide bonds. The van der Waals surface area contributed by atoms with Crippen molar-refractivity contribution in [3.05, 3.63) is 28.8 Å². The minimum absolute atomic E-state index is 0.110. The van der Waals surface area contributed by atoms with Crippen molar-refractivity contribution < 1.29 is 4.74 Å². The summed E-state index contributed by atoms with van der Waals surface area (Å²) in [5, 5.41) is 0.715. The van der Waals surface area contributed by atoms with Crippen LogP contribution in [0.3, 0.4) is 0 Å². The van der Waals surface area contributed by atoms with Gasteiger partial charge in [0.25, 0.3) is 0 Å². The van der Waals surface area contributed by atoms with Gasteiger partial charge in [-0.15, -0.1) is 0 Å². The maximum absolute atomic E-state index is 6.05. The van der Waals surface area contributed by atoms with Gasteiger partial charge >= 0.3 is 0 Å². The molecule has 1 aromatic rings. The summed E-state index contributed by atoms with van der Waals surface area (Å²) in [6, 6.07) is 5.78. The van der Waals surface area contributed by atoms with Crippen LogP contribution in [0, 0.1) is 5.92 Å². The van der Waals surface area contributed by atoms with E-state index in [4.69, 9.17) is 22.2 Å². The first-order chi connectivity index (χ1) is 8.26. The molecule has 2 atom stereocenters. The average molecular weight is 273 g/mol. The second kappa shape index (κ2) is 5.96. The molecular weight excluding hydrogens is 256 g/mol. The van der Waals surface area contributed by atoms with Gasteiger partial charge in [0.15, 0.2) is 0 Å². The van der Waals surface area contributed by atoms with Crippen LogP contribution in [0.5, 0.6) is 5.75 Å². The topological polar surface area (TPSA) is 47.3 Å². The third kappa shape index (κ3) is 2.88. The maximum atomic E-state index is 6.05. The molecule has 1 heterocycles. The summed E-state index contributed by atoms with van der Waals surface area (Å²) in [7, 11) is 1.67. The van der Waals surface area contributed by atoms with Gasteiger partial charge in [-0.1, -0.05) is 11.6 Å². The van der Waals surface area contributed by atoms with Gasteiger partial charge in [0.1, 0.15) is 5.75 Å². The van der Waals surface area contributed by atoms with Crippen molar-refractivity contribution in [1.82, 2.24) is 5.43 Å². The predicted molar refractivity (Wildman–Crippen MR) is 73.5 cm³/mol. The number of nitrogens with one attached hydrogen (secondary N) is 1. The normalized spacial score (nSPS) is 21.5. The number of hydrogen-bond donors (Lipinski definition) is 2. The highest BCUT2D eigenvalue weighted by atomic mass is 35.5. The fraction of sp³-hybridized carbons (Fsp3) is 0.500. The number of thioether (sulfide) groups is 1. The first kappa shape index (κ1) is 13.0. The van der Waals surface area contributed by atoms with Crippen LogP contribution >= 0.6 is 23.4 Å². The molecule has 0 spiro atoms. The molecule has 0 radical (unpaired) electrons. The van der Waals surface area contributed by atoms with E-state index in [9.17, 15) is 0 Å². The Labute approximate surface area is 111 Å². The lowest BCUT2D eigenvalue weighted by atomic mass is 9.92. The van der Waals surface area contributed by atoms with E-state index in [-0.39, 0.29) is 6.04 Å². The van der Waals surface area contributed by atoms with Gasteiger partial charge in [-0.05, 0) is 42.0 Å². The van der Waals surface area contributed by atoms with E-state index in [1.54, 1.807) is 7.11 Å². The Kier molecular flexibility index (Phi) is 4.56. The monoisotopic (exact) mass is 272 g/mol. The van der Waals surface area contributed by atoms with Crippen LogP contribution in [0.1, 0.15) is 18.0 Å². The predicted octanol–water partition coefficient (Wildman–Crippen LogP) is 2.61. The fourth-order valence-electron chi connectivity index (χ4n) is 2.24. The molecule has 5 heteroatoms. The molecule has 0 bridgehead atoms. The number of ether oxygens (including phenoxy) is 1. The average Bonchev–Trinajstić information content (AvgIpc) is 2.84. The number of methoxy groups -OCH3 is 1. The van der Waals surface area contributed by atoms with Gasteiger partial charge < -0.3 is 4.74 Å². The lowest BCUT2D eigenvalue weighted by Crippen LogP contribution is -2.34. The summed E-state index contributed by atoms with van der Waals surface area (Å²) in [6.07, 6.45) is 1.18. The largest absolute Gasteiger partial charge is 0.496 e. The van der Waals surface area contributed by atoms with Crippen molar-refractivity contribution in [2.24, 2.45) is 11.8 Å². The van der Waals surface area contributed by atoms with Crippen LogP contribution in [-0.2, 0) is 0 Å². The number of benzene rings is 1. The zero-order valence-electron chi connectivity index (χ0n) is 9.78. The van der Waals surface area contributed by atoms with E-state index in [1.165, 1.54) is 12.2 Å². The summed E-state index contributed by atoms with van der Waals surface area (Å²) in [5.74, 6) is 9.41. The van der Waals surface area contributed by atoms with E-state index in [2.05, 4.69) is 5.43 Å². The minimum Gasteiger partial charge on any atom is -0.496 e. The molecule has 94 valence electrons. The van der Waals surface area contributed by atoms with Gasteiger partial charge in [0, 0.05) is 10.6 Å². The van der Waals surface area contributed by atoms with Crippen LogP contribution in [0.15, 0.2) is 18.2 Å². The van der Waals surface area contributed by atoms with Crippen LogP contribution in [0.25, 0.3) is 0 Å². The van der Waals surface area contributed by atoms with Crippen LogP contribution in [0.2, 0.25) is 5.02 Å². The van der Waals surface area contributed by atoms with Crippen LogP contribution in [0.4, 0.5) is 0 Å². The summed E-state index contributed by atoms with van der Waals surface area (Å²) in [4.78, 5) is 0. The molecular formula is C12H17ClN2OS. The first-order valence-electron chi connectivity index (χ1n) is 5.63. The highest BCUT2D eigenvalue weighted by molar-refractivity contribution is 7.99. The summed E-state index contributed by atoms with van der Waals surface area (Å²) < 4.78 is 5.38. The number of hydrazine groups is 1. The minimum atomic E-state index is 0.110. The lowest BCUT2D eigenvalue weighted by Gasteiger charge is -2.24. The maximum Gasteiger partial charge on any atom is 0.123 e. The van der Waals surface area contributed by atoms with Crippen LogP contribution in [-0.4, -0.2) is 18.6 Å². The summed E-state index contributed by atoms with van der Waals surface area (Å²) >= 11 is 8.02. The molecule has 1 aromatic carbocycles. The molecule has 1 fully saturated rings. The van der Waals surface area contributed by atoms with Crippen LogP contribution < -0.4 is 16.0 Å². The van der Waals surface area contributed by atoms with Gasteiger partial charge in [-0.3, -0.25) is 11.3 Å². The van der Waals surface area contributed by atoms with Crippen molar-refractivity contribution in [2.75, 3.05) is 18.6 Å². The Morgan fingerprint density at radius 2 is 2.41 bits per heavy atom. The molecule has 2 rings (SSSR count). The number of halogens is 1. The van der Waals surface area contributed by atoms with Gasteiger partial charge in [-0.2, -0.15) is 11.8 Å². The van der Waals surface area contributed by atoms with E-state index >= 15 is 0 Å². The number of hydrogen-bond acceptors (Lipinski definition) is 4. The second-order valence-electron chi connectivity index (χ2n) is 4.15. The summed E-state index contributed by atoms with van der Waals surface area (Å²) in [5.41, 5.74) is 3.96. The quantitative estimate of drug-likeness (QED) is 0.653. The van der Waals surface area contributed by atoms with E-state index in [0.29, 0.717) is 10.9 Å². The Hall–Kier alpha value is -0.420. The van der Waals surface area contributed by atoms with Crippen molar-refractivity contribution in [2.45, 2.75) is 12.5 Å². The highest BCUT2D eigenvalue weighted by Crippen LogP contribution is 2.38. The molecule has 3 N–H and O–H groups in total. The second-order valence-corrected chi connectivity index (χ2v) is 5.74. The molecule has 1 aliphatic heterocycles. The van der Waals surface area contributed by atoms with Gasteiger partial charge in [0.05, 0.1) is 13.2 Å². The molecule has 0 aromatic heterocycles. The Bertz CT molecular complexity index is 383. The molecule has 0 saturated carbocycles. The number of rotatable bonds is 4. The van der Waals surface area contributed by atoms with Crippen molar-refractivity contribution >= 4 is 23.4 Å². The molecule has 17 heavy (non-hydrogen) atoms. The molecule has 1 saturated heterocycles. The Morgan fingerprint density at radius 1 is 1.59 bits per heavy atom. The molecule has 2 unspecified atom stereocenters. The SMILES string of the molecule is COc1ccc(Cl)cc1C(NN)C1CCSC1. The molecule has 1 aliphatic rings. The Balaban J connectivity index is 2.31. The number of nitrogens with two attached hydrogens (primary N) is 1. The van der Waals surface area contributed by atoms with Gasteiger partial charge in [-0.25, -0.2) is 0 Å². The smallest absolute Gasteiger partial charge is 0.123 e. The molecule has 3 nitrogen and oxygen atoms in total. The summed E-state index contributed by atoms with van der Waals surface area (Å²) in [6.45, 7) is 0. The van der Waals surface area contributed by atoms with E-state index in [0.717, 1.165) is 17.1 Å². The van der Waals surface area contributed by atoms with E-state index < -0.39 is 0 Å². The van der Waals surface area contributed by atoms with Gasteiger partial charge in [0.2, 0.25) is 0 Å². The highest BCUT2D eigenvalue weighted by Gasteiger charge is 2.28.